The maximum Gasteiger partial charge on any atom is 0.293 e. The summed E-state index contributed by atoms with van der Waals surface area (Å²) >= 11 is 0. The Hall–Kier alpha value is -2.15. The van der Waals surface area contributed by atoms with Gasteiger partial charge in [-0.1, -0.05) is 13.8 Å². The van der Waals surface area contributed by atoms with Crippen LogP contribution in [0.25, 0.3) is 0 Å². The largest absolute Gasteiger partial charge is 0.378 e. The molecule has 0 aliphatic carbocycles. The Morgan fingerprint density at radius 2 is 2.21 bits per heavy atom. The summed E-state index contributed by atoms with van der Waals surface area (Å²) in [6.45, 7) is 7.20. The van der Waals surface area contributed by atoms with Gasteiger partial charge in [0.25, 0.3) is 11.6 Å². The minimum Gasteiger partial charge on any atom is -0.378 e. The Balaban J connectivity index is 2.09. The van der Waals surface area contributed by atoms with E-state index < -0.39 is 4.92 Å². The summed E-state index contributed by atoms with van der Waals surface area (Å²) in [5.74, 6) is 0.273. The quantitative estimate of drug-likeness (QED) is 0.591. The van der Waals surface area contributed by atoms with E-state index in [0.717, 1.165) is 25.9 Å². The molecule has 1 aromatic rings. The Morgan fingerprint density at radius 1 is 1.46 bits per heavy atom. The number of benzene rings is 1. The molecule has 0 aromatic heterocycles. The summed E-state index contributed by atoms with van der Waals surface area (Å²) in [7, 11) is 1.50. The third kappa shape index (κ3) is 4.44. The van der Waals surface area contributed by atoms with Crippen LogP contribution in [0.1, 0.15) is 37.0 Å². The molecule has 0 bridgehead atoms. The van der Waals surface area contributed by atoms with E-state index >= 15 is 0 Å². The van der Waals surface area contributed by atoms with E-state index in [-0.39, 0.29) is 17.2 Å². The molecule has 132 valence electrons. The second kappa shape index (κ2) is 8.10. The van der Waals surface area contributed by atoms with Gasteiger partial charge in [0.1, 0.15) is 5.69 Å². The fraction of sp³-hybridized carbons (Fsp3) is 0.588. The highest BCUT2D eigenvalue weighted by molar-refractivity contribution is 5.95. The van der Waals surface area contributed by atoms with Gasteiger partial charge in [-0.05, 0) is 37.4 Å². The highest BCUT2D eigenvalue weighted by Gasteiger charge is 2.25. The highest BCUT2D eigenvalue weighted by Crippen LogP contribution is 2.27. The number of nitrogens with one attached hydrogen (secondary N) is 2. The second-order valence-electron chi connectivity index (χ2n) is 6.63. The molecule has 0 saturated carbocycles. The van der Waals surface area contributed by atoms with Crippen LogP contribution in [0.4, 0.5) is 11.4 Å². The van der Waals surface area contributed by atoms with Crippen LogP contribution in [0.2, 0.25) is 0 Å². The molecule has 0 radical (unpaired) electrons. The number of likely N-dealkylation sites (tertiary alicyclic amines) is 1. The Morgan fingerprint density at radius 3 is 2.83 bits per heavy atom. The van der Waals surface area contributed by atoms with Crippen molar-refractivity contribution in [1.82, 2.24) is 10.2 Å². The van der Waals surface area contributed by atoms with Crippen molar-refractivity contribution in [2.24, 2.45) is 5.92 Å². The number of nitro benzene ring substituents is 1. The number of hydrogen-bond donors (Lipinski definition) is 2. The fourth-order valence-corrected chi connectivity index (χ4v) is 3.18. The molecule has 2 N–H and O–H groups in total. The topological polar surface area (TPSA) is 87.5 Å². The van der Waals surface area contributed by atoms with Gasteiger partial charge < -0.3 is 10.6 Å². The van der Waals surface area contributed by atoms with Crippen molar-refractivity contribution in [1.29, 1.82) is 0 Å². The average molecular weight is 334 g/mol. The Labute approximate surface area is 142 Å². The average Bonchev–Trinajstić information content (AvgIpc) is 2.98. The highest BCUT2D eigenvalue weighted by atomic mass is 16.6. The lowest BCUT2D eigenvalue weighted by Crippen LogP contribution is -2.37. The molecule has 1 fully saturated rings. The number of carbonyl (C=O) groups excluding carboxylic acids is 1. The van der Waals surface area contributed by atoms with Crippen molar-refractivity contribution >= 4 is 17.3 Å². The molecule has 2 rings (SSSR count). The molecule has 1 amide bonds. The zero-order valence-electron chi connectivity index (χ0n) is 14.5. The standard InChI is InChI=1S/C17H26N4O3/c1-12(2)11-20-8-4-5-14(20)10-19-15-7-6-13(17(22)18-3)9-16(15)21(23)24/h6-7,9,12,14,19H,4-5,8,10-11H2,1-3H3,(H,18,22)/t14-/m1/s1. The van der Waals surface area contributed by atoms with E-state index in [0.29, 0.717) is 24.2 Å². The summed E-state index contributed by atoms with van der Waals surface area (Å²) in [6, 6.07) is 4.94. The van der Waals surface area contributed by atoms with Gasteiger partial charge in [0, 0.05) is 37.8 Å². The number of anilines is 1. The maximum atomic E-state index is 11.7. The number of carbonyl (C=O) groups is 1. The summed E-state index contributed by atoms with van der Waals surface area (Å²) in [6.07, 6.45) is 2.26. The zero-order chi connectivity index (χ0) is 17.7. The predicted molar refractivity (Wildman–Crippen MR) is 94.4 cm³/mol. The first-order valence-corrected chi connectivity index (χ1v) is 8.40. The number of nitrogens with zero attached hydrogens (tertiary/aromatic N) is 2. The van der Waals surface area contributed by atoms with Crippen molar-refractivity contribution in [3.63, 3.8) is 0 Å². The monoisotopic (exact) mass is 334 g/mol. The van der Waals surface area contributed by atoms with E-state index in [1.54, 1.807) is 12.1 Å². The molecule has 1 aromatic carbocycles. The van der Waals surface area contributed by atoms with Crippen molar-refractivity contribution < 1.29 is 9.72 Å². The third-order valence-corrected chi connectivity index (χ3v) is 4.31. The van der Waals surface area contributed by atoms with Gasteiger partial charge in [0.2, 0.25) is 0 Å². The molecule has 7 heteroatoms. The van der Waals surface area contributed by atoms with Gasteiger partial charge in [-0.15, -0.1) is 0 Å². The first kappa shape index (κ1) is 18.2. The van der Waals surface area contributed by atoms with E-state index in [1.807, 2.05) is 0 Å². The van der Waals surface area contributed by atoms with E-state index in [2.05, 4.69) is 29.4 Å². The number of nitro groups is 1. The van der Waals surface area contributed by atoms with Crippen molar-refractivity contribution in [2.75, 3.05) is 32.0 Å². The lowest BCUT2D eigenvalue weighted by molar-refractivity contribution is -0.384. The molecule has 0 unspecified atom stereocenters. The molecule has 1 heterocycles. The van der Waals surface area contributed by atoms with Gasteiger partial charge in [-0.2, -0.15) is 0 Å². The van der Waals surface area contributed by atoms with Crippen LogP contribution < -0.4 is 10.6 Å². The molecule has 7 nitrogen and oxygen atoms in total. The van der Waals surface area contributed by atoms with Gasteiger partial charge in [-0.3, -0.25) is 19.8 Å². The Bertz CT molecular complexity index is 603. The van der Waals surface area contributed by atoms with Crippen LogP contribution in [0.15, 0.2) is 18.2 Å². The number of amides is 1. The summed E-state index contributed by atoms with van der Waals surface area (Å²) in [5, 5.41) is 17.0. The maximum absolute atomic E-state index is 11.7. The fourth-order valence-electron chi connectivity index (χ4n) is 3.18. The molecular formula is C17H26N4O3. The molecule has 1 atom stereocenters. The summed E-state index contributed by atoms with van der Waals surface area (Å²) in [5.41, 5.74) is 0.686. The van der Waals surface area contributed by atoms with Gasteiger partial charge in [0.05, 0.1) is 4.92 Å². The van der Waals surface area contributed by atoms with Crippen molar-refractivity contribution in [2.45, 2.75) is 32.7 Å². The van der Waals surface area contributed by atoms with Crippen LogP contribution in [0.5, 0.6) is 0 Å². The first-order valence-electron chi connectivity index (χ1n) is 8.40. The molecule has 0 spiro atoms. The molecule has 1 aliphatic rings. The SMILES string of the molecule is CNC(=O)c1ccc(NC[C@H]2CCCN2CC(C)C)c([N+](=O)[O-])c1. The van der Waals surface area contributed by atoms with Gasteiger partial charge in [-0.25, -0.2) is 0 Å². The minimum absolute atomic E-state index is 0.0653. The smallest absolute Gasteiger partial charge is 0.293 e. The van der Waals surface area contributed by atoms with Crippen LogP contribution in [0, 0.1) is 16.0 Å². The number of hydrogen-bond acceptors (Lipinski definition) is 5. The molecule has 1 aliphatic heterocycles. The van der Waals surface area contributed by atoms with Gasteiger partial charge in [0.15, 0.2) is 0 Å². The first-order chi connectivity index (χ1) is 11.4. The second-order valence-corrected chi connectivity index (χ2v) is 6.63. The van der Waals surface area contributed by atoms with E-state index in [4.69, 9.17) is 0 Å². The molecule has 1 saturated heterocycles. The van der Waals surface area contributed by atoms with Crippen molar-refractivity contribution in [3.8, 4) is 0 Å². The predicted octanol–water partition coefficient (Wildman–Crippen LogP) is 2.49. The van der Waals surface area contributed by atoms with Crippen LogP contribution in [-0.2, 0) is 0 Å². The Kier molecular flexibility index (Phi) is 6.14. The van der Waals surface area contributed by atoms with Gasteiger partial charge >= 0.3 is 0 Å². The van der Waals surface area contributed by atoms with E-state index in [1.165, 1.54) is 13.1 Å². The van der Waals surface area contributed by atoms with Crippen LogP contribution in [-0.4, -0.2) is 48.5 Å². The van der Waals surface area contributed by atoms with Crippen molar-refractivity contribution in [3.05, 3.63) is 33.9 Å². The lowest BCUT2D eigenvalue weighted by Gasteiger charge is -2.26. The molecule has 24 heavy (non-hydrogen) atoms. The normalized spacial score (nSPS) is 17.9. The third-order valence-electron chi connectivity index (χ3n) is 4.31. The summed E-state index contributed by atoms with van der Waals surface area (Å²) < 4.78 is 0. The van der Waals surface area contributed by atoms with Crippen LogP contribution >= 0.6 is 0 Å². The lowest BCUT2D eigenvalue weighted by atomic mass is 10.1. The van der Waals surface area contributed by atoms with E-state index in [9.17, 15) is 14.9 Å². The molecular weight excluding hydrogens is 308 g/mol. The zero-order valence-corrected chi connectivity index (χ0v) is 14.5. The minimum atomic E-state index is -0.449. The number of rotatable bonds is 7. The van der Waals surface area contributed by atoms with Crippen LogP contribution in [0.3, 0.4) is 0 Å². The summed E-state index contributed by atoms with van der Waals surface area (Å²) in [4.78, 5) is 25.0.